The van der Waals surface area contributed by atoms with Gasteiger partial charge in [-0.1, -0.05) is 25.1 Å². The number of likely N-dealkylation sites (N-methyl/N-ethyl adjacent to an activating group) is 1. The Morgan fingerprint density at radius 2 is 2.07 bits per heavy atom. The maximum absolute atomic E-state index is 11.3. The third-order valence-electron chi connectivity index (χ3n) is 1.95. The highest BCUT2D eigenvalue weighted by atomic mass is 16.1. The molecule has 0 saturated carbocycles. The van der Waals surface area contributed by atoms with E-state index in [1.165, 1.54) is 0 Å². The highest BCUT2D eigenvalue weighted by Gasteiger charge is 2.02. The van der Waals surface area contributed by atoms with Gasteiger partial charge in [0.1, 0.15) is 0 Å². The number of benzene rings is 1. The zero-order chi connectivity index (χ0) is 10.4. The molecule has 2 N–H and O–H groups in total. The largest absolute Gasteiger partial charge is 0.325 e. The van der Waals surface area contributed by atoms with E-state index in [2.05, 4.69) is 10.6 Å². The van der Waals surface area contributed by atoms with Gasteiger partial charge in [-0.05, 0) is 25.1 Å². The molecule has 0 fully saturated rings. The Hall–Kier alpha value is -1.35. The van der Waals surface area contributed by atoms with Crippen LogP contribution >= 0.6 is 0 Å². The number of aryl methyl sites for hydroxylation is 1. The Bertz CT molecular complexity index is 310. The summed E-state index contributed by atoms with van der Waals surface area (Å²) >= 11 is 0. The summed E-state index contributed by atoms with van der Waals surface area (Å²) < 4.78 is 0. The van der Waals surface area contributed by atoms with Crippen LogP contribution in [0.1, 0.15) is 12.5 Å². The SMILES string of the molecule is CCNCC(=O)Nc1ccccc1C. The molecule has 3 nitrogen and oxygen atoms in total. The summed E-state index contributed by atoms with van der Waals surface area (Å²) in [5.41, 5.74) is 1.97. The fraction of sp³-hybridized carbons (Fsp3) is 0.364. The predicted octanol–water partition coefficient (Wildman–Crippen LogP) is 1.54. The Morgan fingerprint density at radius 1 is 1.36 bits per heavy atom. The molecule has 1 rings (SSSR count). The second kappa shape index (κ2) is 5.40. The predicted molar refractivity (Wildman–Crippen MR) is 58.4 cm³/mol. The van der Waals surface area contributed by atoms with E-state index in [0.29, 0.717) is 6.54 Å². The number of rotatable bonds is 4. The normalized spacial score (nSPS) is 9.86. The van der Waals surface area contributed by atoms with Gasteiger partial charge < -0.3 is 10.6 Å². The van der Waals surface area contributed by atoms with Crippen molar-refractivity contribution in [3.05, 3.63) is 29.8 Å². The number of anilines is 1. The van der Waals surface area contributed by atoms with E-state index in [1.54, 1.807) is 0 Å². The molecular formula is C11H16N2O. The molecule has 0 saturated heterocycles. The number of para-hydroxylation sites is 1. The Morgan fingerprint density at radius 3 is 2.71 bits per heavy atom. The van der Waals surface area contributed by atoms with Gasteiger partial charge in [-0.3, -0.25) is 4.79 Å². The fourth-order valence-electron chi connectivity index (χ4n) is 1.15. The van der Waals surface area contributed by atoms with E-state index in [9.17, 15) is 4.79 Å². The van der Waals surface area contributed by atoms with Gasteiger partial charge in [0, 0.05) is 5.69 Å². The van der Waals surface area contributed by atoms with Crippen LogP contribution in [-0.4, -0.2) is 19.0 Å². The van der Waals surface area contributed by atoms with E-state index in [0.717, 1.165) is 17.8 Å². The van der Waals surface area contributed by atoms with Crippen LogP contribution in [0.3, 0.4) is 0 Å². The van der Waals surface area contributed by atoms with Gasteiger partial charge in [-0.25, -0.2) is 0 Å². The van der Waals surface area contributed by atoms with E-state index in [4.69, 9.17) is 0 Å². The molecule has 14 heavy (non-hydrogen) atoms. The van der Waals surface area contributed by atoms with Crippen molar-refractivity contribution < 1.29 is 4.79 Å². The molecule has 76 valence electrons. The second-order valence-electron chi connectivity index (χ2n) is 3.14. The van der Waals surface area contributed by atoms with Crippen LogP contribution in [0.15, 0.2) is 24.3 Å². The summed E-state index contributed by atoms with van der Waals surface area (Å²) in [6.45, 7) is 5.12. The van der Waals surface area contributed by atoms with Crippen LogP contribution in [-0.2, 0) is 4.79 Å². The maximum atomic E-state index is 11.3. The molecule has 0 bridgehead atoms. The summed E-state index contributed by atoms with van der Waals surface area (Å²) in [6.07, 6.45) is 0. The first-order valence-electron chi connectivity index (χ1n) is 4.80. The third kappa shape index (κ3) is 3.18. The van der Waals surface area contributed by atoms with Crippen molar-refractivity contribution in [1.29, 1.82) is 0 Å². The zero-order valence-corrected chi connectivity index (χ0v) is 8.63. The van der Waals surface area contributed by atoms with E-state index >= 15 is 0 Å². The van der Waals surface area contributed by atoms with Crippen molar-refractivity contribution in [1.82, 2.24) is 5.32 Å². The lowest BCUT2D eigenvalue weighted by Crippen LogP contribution is -2.27. The van der Waals surface area contributed by atoms with Crippen molar-refractivity contribution >= 4 is 11.6 Å². The quantitative estimate of drug-likeness (QED) is 0.759. The first-order valence-corrected chi connectivity index (χ1v) is 4.80. The average molecular weight is 192 g/mol. The third-order valence-corrected chi connectivity index (χ3v) is 1.95. The standard InChI is InChI=1S/C11H16N2O/c1-3-12-8-11(14)13-10-7-5-4-6-9(10)2/h4-7,12H,3,8H2,1-2H3,(H,13,14). The fourth-order valence-corrected chi connectivity index (χ4v) is 1.15. The highest BCUT2D eigenvalue weighted by Crippen LogP contribution is 2.12. The van der Waals surface area contributed by atoms with Crippen LogP contribution in [0, 0.1) is 6.92 Å². The molecule has 0 unspecified atom stereocenters. The summed E-state index contributed by atoms with van der Waals surface area (Å²) in [6, 6.07) is 7.74. The maximum Gasteiger partial charge on any atom is 0.238 e. The summed E-state index contributed by atoms with van der Waals surface area (Å²) in [5.74, 6) is 0.00106. The van der Waals surface area contributed by atoms with Gasteiger partial charge in [0.15, 0.2) is 0 Å². The monoisotopic (exact) mass is 192 g/mol. The second-order valence-corrected chi connectivity index (χ2v) is 3.14. The van der Waals surface area contributed by atoms with Gasteiger partial charge in [0.2, 0.25) is 5.91 Å². The zero-order valence-electron chi connectivity index (χ0n) is 8.63. The topological polar surface area (TPSA) is 41.1 Å². The van der Waals surface area contributed by atoms with Crippen LogP contribution in [0.4, 0.5) is 5.69 Å². The van der Waals surface area contributed by atoms with Gasteiger partial charge in [0.05, 0.1) is 6.54 Å². The number of hydrogen-bond donors (Lipinski definition) is 2. The Labute approximate surface area is 84.5 Å². The lowest BCUT2D eigenvalue weighted by molar-refractivity contribution is -0.115. The van der Waals surface area contributed by atoms with Crippen molar-refractivity contribution in [3.63, 3.8) is 0 Å². The Balaban J connectivity index is 2.52. The first kappa shape index (κ1) is 10.7. The van der Waals surface area contributed by atoms with Crippen LogP contribution in [0.25, 0.3) is 0 Å². The van der Waals surface area contributed by atoms with Gasteiger partial charge in [0.25, 0.3) is 0 Å². The molecule has 0 aliphatic rings. The summed E-state index contributed by atoms with van der Waals surface area (Å²) in [7, 11) is 0. The number of nitrogens with one attached hydrogen (secondary N) is 2. The Kier molecular flexibility index (Phi) is 4.13. The van der Waals surface area contributed by atoms with Crippen LogP contribution in [0.5, 0.6) is 0 Å². The summed E-state index contributed by atoms with van der Waals surface area (Å²) in [5, 5.41) is 5.82. The van der Waals surface area contributed by atoms with Gasteiger partial charge in [-0.2, -0.15) is 0 Å². The molecule has 0 aliphatic carbocycles. The minimum absolute atomic E-state index is 0.00106. The van der Waals surface area contributed by atoms with Crippen LogP contribution in [0.2, 0.25) is 0 Å². The number of hydrogen-bond acceptors (Lipinski definition) is 2. The average Bonchev–Trinajstić information content (AvgIpc) is 2.18. The minimum Gasteiger partial charge on any atom is -0.325 e. The number of carbonyl (C=O) groups is 1. The first-order chi connectivity index (χ1) is 6.74. The molecule has 1 amide bonds. The molecule has 0 spiro atoms. The molecule has 0 aromatic heterocycles. The summed E-state index contributed by atoms with van der Waals surface area (Å²) in [4.78, 5) is 11.3. The number of amides is 1. The van der Waals surface area contributed by atoms with Crippen molar-refractivity contribution in [2.75, 3.05) is 18.4 Å². The van der Waals surface area contributed by atoms with Crippen molar-refractivity contribution in [3.8, 4) is 0 Å². The lowest BCUT2D eigenvalue weighted by atomic mass is 10.2. The molecule has 0 aliphatic heterocycles. The molecule has 1 aromatic rings. The smallest absolute Gasteiger partial charge is 0.238 e. The number of carbonyl (C=O) groups excluding carboxylic acids is 1. The molecule has 1 aromatic carbocycles. The molecular weight excluding hydrogens is 176 g/mol. The van der Waals surface area contributed by atoms with Gasteiger partial charge >= 0.3 is 0 Å². The van der Waals surface area contributed by atoms with E-state index in [-0.39, 0.29) is 5.91 Å². The minimum atomic E-state index is 0.00106. The van der Waals surface area contributed by atoms with Crippen molar-refractivity contribution in [2.24, 2.45) is 0 Å². The van der Waals surface area contributed by atoms with E-state index in [1.807, 2.05) is 38.1 Å². The molecule has 0 atom stereocenters. The van der Waals surface area contributed by atoms with Crippen LogP contribution < -0.4 is 10.6 Å². The highest BCUT2D eigenvalue weighted by molar-refractivity contribution is 5.92. The van der Waals surface area contributed by atoms with E-state index < -0.39 is 0 Å². The lowest BCUT2D eigenvalue weighted by Gasteiger charge is -2.07. The molecule has 3 heteroatoms. The van der Waals surface area contributed by atoms with Crippen molar-refractivity contribution in [2.45, 2.75) is 13.8 Å². The molecule has 0 heterocycles. The van der Waals surface area contributed by atoms with Gasteiger partial charge in [-0.15, -0.1) is 0 Å². The molecule has 0 radical (unpaired) electrons.